The summed E-state index contributed by atoms with van der Waals surface area (Å²) in [5.41, 5.74) is 0.202. The molecule has 2 aromatic rings. The molecule has 7 nitrogen and oxygen atoms in total. The van der Waals surface area contributed by atoms with Gasteiger partial charge in [0.2, 0.25) is 15.9 Å². The fourth-order valence-corrected chi connectivity index (χ4v) is 4.74. The van der Waals surface area contributed by atoms with Gasteiger partial charge in [-0.3, -0.25) is 4.79 Å². The predicted molar refractivity (Wildman–Crippen MR) is 120 cm³/mol. The summed E-state index contributed by atoms with van der Waals surface area (Å²) in [5, 5.41) is 2.77. The molecule has 3 rings (SSSR count). The summed E-state index contributed by atoms with van der Waals surface area (Å²) in [7, 11) is -3.50. The number of halogens is 3. The number of rotatable bonds is 8. The Hall–Kier alpha value is -2.92. The van der Waals surface area contributed by atoms with Crippen molar-refractivity contribution < 1.29 is 26.4 Å². The first-order chi connectivity index (χ1) is 15.6. The van der Waals surface area contributed by atoms with Crippen LogP contribution in [0.5, 0.6) is 0 Å². The molecule has 1 aliphatic heterocycles. The van der Waals surface area contributed by atoms with Crippen LogP contribution in [0.15, 0.2) is 55.3 Å². The Morgan fingerprint density at radius 1 is 1.24 bits per heavy atom. The molecule has 0 aliphatic carbocycles. The number of alkyl halides is 3. The molecule has 33 heavy (non-hydrogen) atoms. The number of carbonyl (C=O) groups excluding carboxylic acids is 1. The van der Waals surface area contributed by atoms with E-state index in [4.69, 9.17) is 0 Å². The molecular weight excluding hydrogens is 457 g/mol. The van der Waals surface area contributed by atoms with Crippen molar-refractivity contribution >= 4 is 27.4 Å². The fourth-order valence-electron chi connectivity index (χ4n) is 3.64. The van der Waals surface area contributed by atoms with Crippen molar-refractivity contribution in [3.8, 4) is 0 Å². The van der Waals surface area contributed by atoms with E-state index >= 15 is 0 Å². The Morgan fingerprint density at radius 2 is 1.97 bits per heavy atom. The van der Waals surface area contributed by atoms with Crippen molar-refractivity contribution in [2.45, 2.75) is 24.8 Å². The van der Waals surface area contributed by atoms with E-state index < -0.39 is 27.7 Å². The van der Waals surface area contributed by atoms with Crippen LogP contribution in [0, 0.1) is 5.92 Å². The number of hydrogen-bond acceptors (Lipinski definition) is 5. The van der Waals surface area contributed by atoms with Gasteiger partial charge in [-0.2, -0.15) is 13.2 Å². The maximum atomic E-state index is 13.4. The van der Waals surface area contributed by atoms with Gasteiger partial charge >= 0.3 is 6.18 Å². The van der Waals surface area contributed by atoms with Gasteiger partial charge in [0.15, 0.2) is 0 Å². The van der Waals surface area contributed by atoms with E-state index in [0.717, 1.165) is 6.07 Å². The van der Waals surface area contributed by atoms with Crippen LogP contribution in [0.25, 0.3) is 0 Å². The number of pyridine rings is 1. The summed E-state index contributed by atoms with van der Waals surface area (Å²) in [5.74, 6) is -1.20. The number of sulfonamides is 1. The number of aromatic nitrogens is 1. The zero-order chi connectivity index (χ0) is 24.1. The lowest BCUT2D eigenvalue weighted by Crippen LogP contribution is -2.42. The largest absolute Gasteiger partial charge is 0.419 e. The normalized spacial score (nSPS) is 16.9. The molecule has 1 aromatic heterocycles. The maximum Gasteiger partial charge on any atom is 0.419 e. The quantitative estimate of drug-likeness (QED) is 0.562. The lowest BCUT2D eigenvalue weighted by Gasteiger charge is -2.34. The van der Waals surface area contributed by atoms with Crippen LogP contribution in [0.2, 0.25) is 0 Å². The summed E-state index contributed by atoms with van der Waals surface area (Å²) in [6.07, 6.45) is -0.680. The molecule has 0 saturated carbocycles. The second-order valence-corrected chi connectivity index (χ2v) is 9.55. The Balaban J connectivity index is 1.64. The summed E-state index contributed by atoms with van der Waals surface area (Å²) in [6, 6.07) is 8.61. The van der Waals surface area contributed by atoms with E-state index in [2.05, 4.69) is 21.6 Å². The molecule has 1 aromatic carbocycles. The lowest BCUT2D eigenvalue weighted by molar-refractivity contribution is -0.137. The van der Waals surface area contributed by atoms with E-state index in [0.29, 0.717) is 30.6 Å². The van der Waals surface area contributed by atoms with Gasteiger partial charge in [0.05, 0.1) is 17.2 Å². The summed E-state index contributed by atoms with van der Waals surface area (Å²) in [6.45, 7) is 4.10. The molecule has 2 heterocycles. The highest BCUT2D eigenvalue weighted by molar-refractivity contribution is 7.88. The zero-order valence-electron chi connectivity index (χ0n) is 17.8. The second-order valence-electron chi connectivity index (χ2n) is 7.74. The van der Waals surface area contributed by atoms with Crippen molar-refractivity contribution in [3.63, 3.8) is 0 Å². The monoisotopic (exact) mass is 482 g/mol. The summed E-state index contributed by atoms with van der Waals surface area (Å²) in [4.78, 5) is 18.2. The molecule has 11 heteroatoms. The maximum absolute atomic E-state index is 13.4. The van der Waals surface area contributed by atoms with Gasteiger partial charge in [0, 0.05) is 31.5 Å². The molecule has 2 N–H and O–H groups in total. The van der Waals surface area contributed by atoms with E-state index in [1.807, 2.05) is 0 Å². The predicted octanol–water partition coefficient (Wildman–Crippen LogP) is 3.56. The Bertz CT molecular complexity index is 1090. The molecule has 0 bridgehead atoms. The first-order valence-electron chi connectivity index (χ1n) is 10.3. The van der Waals surface area contributed by atoms with Crippen LogP contribution >= 0.6 is 0 Å². The third-order valence-corrected chi connectivity index (χ3v) is 6.53. The molecule has 1 fully saturated rings. The Morgan fingerprint density at radius 3 is 2.64 bits per heavy atom. The number of anilines is 2. The van der Waals surface area contributed by atoms with E-state index in [1.54, 1.807) is 24.3 Å². The number of nitrogens with zero attached hydrogens (tertiary/aromatic N) is 2. The number of nitrogens with one attached hydrogen (secondary N) is 2. The molecule has 0 spiro atoms. The Labute approximate surface area is 190 Å². The molecule has 1 amide bonds. The highest BCUT2D eigenvalue weighted by atomic mass is 32.2. The standard InChI is InChI=1S/C22H25F3N4O3S/c1-2-11-27-33(31,32)15-16-7-9-18(10-8-16)28-21(30)17-5-4-13-29(14-17)20-19(22(23,24)25)6-3-12-26-20/h2-3,6-10,12,17,27H,1,4-5,11,13-15H2,(H,28,30). The van der Waals surface area contributed by atoms with Crippen LogP contribution < -0.4 is 14.9 Å². The average molecular weight is 483 g/mol. The first-order valence-corrected chi connectivity index (χ1v) is 12.0. The fraction of sp³-hybridized carbons (Fsp3) is 0.364. The van der Waals surface area contributed by atoms with Crippen molar-refractivity contribution in [1.29, 1.82) is 0 Å². The van der Waals surface area contributed by atoms with Crippen molar-refractivity contribution in [2.24, 2.45) is 5.92 Å². The molecule has 0 radical (unpaired) electrons. The SMILES string of the molecule is C=CCNS(=O)(=O)Cc1ccc(NC(=O)C2CCCN(c3ncccc3C(F)(F)F)C2)cc1. The molecular formula is C22H25F3N4O3S. The van der Waals surface area contributed by atoms with Crippen LogP contribution in [-0.4, -0.2) is 38.9 Å². The van der Waals surface area contributed by atoms with Gasteiger partial charge in [-0.05, 0) is 42.7 Å². The summed E-state index contributed by atoms with van der Waals surface area (Å²) < 4.78 is 66.3. The average Bonchev–Trinajstić information content (AvgIpc) is 2.78. The number of carbonyl (C=O) groups is 1. The molecule has 1 saturated heterocycles. The highest BCUT2D eigenvalue weighted by Gasteiger charge is 2.37. The van der Waals surface area contributed by atoms with Gasteiger partial charge in [0.25, 0.3) is 0 Å². The van der Waals surface area contributed by atoms with Crippen LogP contribution in [0.3, 0.4) is 0 Å². The van der Waals surface area contributed by atoms with Gasteiger partial charge in [-0.25, -0.2) is 18.1 Å². The van der Waals surface area contributed by atoms with Crippen LogP contribution in [-0.2, 0) is 26.7 Å². The van der Waals surface area contributed by atoms with Gasteiger partial charge < -0.3 is 10.2 Å². The van der Waals surface area contributed by atoms with E-state index in [9.17, 15) is 26.4 Å². The third kappa shape index (κ3) is 6.78. The molecule has 1 atom stereocenters. The van der Waals surface area contributed by atoms with E-state index in [-0.39, 0.29) is 30.6 Å². The summed E-state index contributed by atoms with van der Waals surface area (Å²) >= 11 is 0. The number of piperidine rings is 1. The van der Waals surface area contributed by atoms with Gasteiger partial charge in [-0.1, -0.05) is 18.2 Å². The molecule has 1 unspecified atom stereocenters. The second kappa shape index (κ2) is 10.3. The minimum atomic E-state index is -4.53. The molecule has 178 valence electrons. The number of hydrogen-bond donors (Lipinski definition) is 2. The highest BCUT2D eigenvalue weighted by Crippen LogP contribution is 2.36. The molecule has 1 aliphatic rings. The van der Waals surface area contributed by atoms with Gasteiger partial charge in [-0.15, -0.1) is 6.58 Å². The minimum Gasteiger partial charge on any atom is -0.355 e. The van der Waals surface area contributed by atoms with Crippen LogP contribution in [0.4, 0.5) is 24.7 Å². The first kappa shape index (κ1) is 24.7. The van der Waals surface area contributed by atoms with Crippen molar-refractivity contribution in [2.75, 3.05) is 29.9 Å². The number of benzene rings is 1. The smallest absolute Gasteiger partial charge is 0.355 e. The van der Waals surface area contributed by atoms with Crippen LogP contribution in [0.1, 0.15) is 24.0 Å². The minimum absolute atomic E-state index is 0.122. The van der Waals surface area contributed by atoms with Crippen molar-refractivity contribution in [3.05, 3.63) is 66.4 Å². The lowest BCUT2D eigenvalue weighted by atomic mass is 9.96. The van der Waals surface area contributed by atoms with E-state index in [1.165, 1.54) is 23.2 Å². The zero-order valence-corrected chi connectivity index (χ0v) is 18.6. The Kier molecular flexibility index (Phi) is 7.75. The topological polar surface area (TPSA) is 91.4 Å². The third-order valence-electron chi connectivity index (χ3n) is 5.21. The van der Waals surface area contributed by atoms with Gasteiger partial charge in [0.1, 0.15) is 5.82 Å². The van der Waals surface area contributed by atoms with Crippen molar-refractivity contribution in [1.82, 2.24) is 9.71 Å². The number of amides is 1.